The first-order valence-electron chi connectivity index (χ1n) is 10.1. The minimum atomic E-state index is -0.556. The van der Waals surface area contributed by atoms with Gasteiger partial charge in [-0.05, 0) is 54.3 Å². The molecule has 1 N–H and O–H groups in total. The molecule has 0 aliphatic carbocycles. The Morgan fingerprint density at radius 2 is 1.88 bits per heavy atom. The van der Waals surface area contributed by atoms with E-state index in [2.05, 4.69) is 21.2 Å². The second-order valence-corrected chi connectivity index (χ2v) is 9.05. The fraction of sp³-hybridized carbons (Fsp3) is 0.250. The van der Waals surface area contributed by atoms with Crippen LogP contribution in [-0.2, 0) is 9.53 Å². The Labute approximate surface area is 198 Å². The summed E-state index contributed by atoms with van der Waals surface area (Å²) in [6, 6.07) is 11.4. The zero-order chi connectivity index (χ0) is 23.3. The first kappa shape index (κ1) is 23.9. The average molecular weight is 520 g/mol. The fourth-order valence-electron chi connectivity index (χ4n) is 3.11. The van der Waals surface area contributed by atoms with E-state index < -0.39 is 11.9 Å². The Kier molecular flexibility index (Phi) is 8.04. The Balaban J connectivity index is 1.80. The molecule has 0 bridgehead atoms. The summed E-state index contributed by atoms with van der Waals surface area (Å²) in [7, 11) is 0. The van der Waals surface area contributed by atoms with Gasteiger partial charge in [-0.2, -0.15) is 0 Å². The molecule has 168 valence electrons. The van der Waals surface area contributed by atoms with Crippen LogP contribution in [0.2, 0.25) is 0 Å². The van der Waals surface area contributed by atoms with E-state index in [1.54, 1.807) is 24.4 Å². The minimum Gasteiger partial charge on any atom is -0.483 e. The van der Waals surface area contributed by atoms with Crippen LogP contribution < -0.4 is 10.1 Å². The summed E-state index contributed by atoms with van der Waals surface area (Å²) < 4.78 is 25.2. The molecule has 0 radical (unpaired) electrons. The lowest BCUT2D eigenvalue weighted by molar-refractivity contribution is -0.118. The van der Waals surface area contributed by atoms with E-state index in [1.165, 1.54) is 23.5 Å². The van der Waals surface area contributed by atoms with Gasteiger partial charge in [0.05, 0.1) is 6.61 Å². The molecule has 3 aromatic rings. The van der Waals surface area contributed by atoms with Gasteiger partial charge in [0.1, 0.15) is 22.1 Å². The Morgan fingerprint density at radius 3 is 2.53 bits per heavy atom. The van der Waals surface area contributed by atoms with Crippen LogP contribution in [-0.4, -0.2) is 25.1 Å². The molecule has 0 aliphatic heterocycles. The fourth-order valence-corrected chi connectivity index (χ4v) is 4.46. The summed E-state index contributed by atoms with van der Waals surface area (Å²) in [4.78, 5) is 25.2. The van der Waals surface area contributed by atoms with Gasteiger partial charge in [0.15, 0.2) is 6.61 Å². The predicted octanol–water partition coefficient (Wildman–Crippen LogP) is 6.63. The van der Waals surface area contributed by atoms with Gasteiger partial charge in [0.2, 0.25) is 0 Å². The Morgan fingerprint density at radius 1 is 1.16 bits per heavy atom. The van der Waals surface area contributed by atoms with Gasteiger partial charge in [-0.3, -0.25) is 4.79 Å². The van der Waals surface area contributed by atoms with Crippen molar-refractivity contribution in [1.29, 1.82) is 0 Å². The number of carbonyl (C=O) groups is 2. The largest absolute Gasteiger partial charge is 0.483 e. The zero-order valence-electron chi connectivity index (χ0n) is 17.9. The Hall–Kier alpha value is -2.71. The van der Waals surface area contributed by atoms with E-state index in [9.17, 15) is 14.0 Å². The molecular formula is C24H23BrFNO4S. The maximum Gasteiger partial charge on any atom is 0.341 e. The molecule has 32 heavy (non-hydrogen) atoms. The highest BCUT2D eigenvalue weighted by Gasteiger charge is 2.23. The Bertz CT molecular complexity index is 1110. The van der Waals surface area contributed by atoms with Gasteiger partial charge in [-0.25, -0.2) is 9.18 Å². The molecule has 0 saturated carbocycles. The van der Waals surface area contributed by atoms with Crippen molar-refractivity contribution in [1.82, 2.24) is 0 Å². The number of halogens is 2. The maximum atomic E-state index is 13.3. The molecule has 0 fully saturated rings. The van der Waals surface area contributed by atoms with Crippen LogP contribution in [0.1, 0.15) is 42.6 Å². The molecule has 2 aromatic carbocycles. The summed E-state index contributed by atoms with van der Waals surface area (Å²) in [6.07, 6.45) is 0. The highest BCUT2D eigenvalue weighted by molar-refractivity contribution is 9.10. The normalized spacial score (nSPS) is 10.8. The van der Waals surface area contributed by atoms with Gasteiger partial charge in [0, 0.05) is 15.4 Å². The van der Waals surface area contributed by atoms with Crippen LogP contribution >= 0.6 is 27.3 Å². The highest BCUT2D eigenvalue weighted by atomic mass is 79.9. The number of esters is 1. The quantitative estimate of drug-likeness (QED) is 0.339. The van der Waals surface area contributed by atoms with E-state index >= 15 is 0 Å². The number of hydrogen-bond donors (Lipinski definition) is 1. The first-order valence-corrected chi connectivity index (χ1v) is 11.7. The number of amides is 1. The smallest absolute Gasteiger partial charge is 0.341 e. The molecule has 0 atom stereocenters. The lowest BCUT2D eigenvalue weighted by atomic mass is 10.0. The van der Waals surface area contributed by atoms with Crippen LogP contribution in [0.15, 0.2) is 52.3 Å². The number of ether oxygens (including phenoxy) is 2. The molecule has 1 amide bonds. The number of anilines is 1. The molecule has 8 heteroatoms. The topological polar surface area (TPSA) is 64.6 Å². The third-order valence-corrected chi connectivity index (χ3v) is 6.02. The van der Waals surface area contributed by atoms with Crippen molar-refractivity contribution >= 4 is 44.1 Å². The zero-order valence-corrected chi connectivity index (χ0v) is 20.3. The number of rotatable bonds is 8. The van der Waals surface area contributed by atoms with Crippen LogP contribution in [0, 0.1) is 5.82 Å². The van der Waals surface area contributed by atoms with E-state index in [4.69, 9.17) is 9.47 Å². The van der Waals surface area contributed by atoms with Gasteiger partial charge in [-0.15, -0.1) is 11.3 Å². The summed E-state index contributed by atoms with van der Waals surface area (Å²) in [5.74, 6) is -0.486. The van der Waals surface area contributed by atoms with Crippen molar-refractivity contribution in [2.75, 3.05) is 18.5 Å². The molecule has 5 nitrogen and oxygen atoms in total. The molecule has 3 rings (SSSR count). The molecule has 1 aromatic heterocycles. The van der Waals surface area contributed by atoms with E-state index in [0.717, 1.165) is 10.0 Å². The first-order chi connectivity index (χ1) is 15.3. The standard InChI is InChI=1S/C24H23BrFNO4S/c1-4-30-24(29)22-19(15-5-8-17(26)9-6-15)13-32-23(22)27-21(28)12-31-20-10-7-16(25)11-18(20)14(2)3/h5-11,13-14H,4,12H2,1-3H3,(H,27,28). The SMILES string of the molecule is CCOC(=O)c1c(-c2ccc(F)cc2)csc1NC(=O)COc1ccc(Br)cc1C(C)C. The summed E-state index contributed by atoms with van der Waals surface area (Å²) >= 11 is 4.65. The third kappa shape index (κ3) is 5.75. The molecule has 0 unspecified atom stereocenters. The molecule has 1 heterocycles. The average Bonchev–Trinajstić information content (AvgIpc) is 3.17. The molecular weight excluding hydrogens is 497 g/mol. The van der Waals surface area contributed by atoms with Gasteiger partial charge in [0.25, 0.3) is 5.91 Å². The van der Waals surface area contributed by atoms with Crippen LogP contribution in [0.25, 0.3) is 11.1 Å². The lowest BCUT2D eigenvalue weighted by Gasteiger charge is -2.14. The van der Waals surface area contributed by atoms with Crippen molar-refractivity contribution in [3.05, 3.63) is 69.3 Å². The van der Waals surface area contributed by atoms with Crippen molar-refractivity contribution < 1.29 is 23.5 Å². The van der Waals surface area contributed by atoms with Crippen molar-refractivity contribution in [3.63, 3.8) is 0 Å². The number of nitrogens with one attached hydrogen (secondary N) is 1. The van der Waals surface area contributed by atoms with Crippen LogP contribution in [0.5, 0.6) is 5.75 Å². The van der Waals surface area contributed by atoms with Crippen molar-refractivity contribution in [2.24, 2.45) is 0 Å². The number of benzene rings is 2. The highest BCUT2D eigenvalue weighted by Crippen LogP contribution is 2.36. The van der Waals surface area contributed by atoms with Crippen LogP contribution in [0.3, 0.4) is 0 Å². The minimum absolute atomic E-state index is 0.190. The summed E-state index contributed by atoms with van der Waals surface area (Å²) in [6.45, 7) is 5.77. The van der Waals surface area contributed by atoms with Crippen LogP contribution in [0.4, 0.5) is 9.39 Å². The number of hydrogen-bond acceptors (Lipinski definition) is 5. The van der Waals surface area contributed by atoms with E-state index in [-0.39, 0.29) is 30.5 Å². The van der Waals surface area contributed by atoms with Gasteiger partial charge >= 0.3 is 5.97 Å². The maximum absolute atomic E-state index is 13.3. The second kappa shape index (κ2) is 10.7. The number of thiophene rings is 1. The molecule has 0 saturated heterocycles. The molecule has 0 aliphatic rings. The third-order valence-electron chi connectivity index (χ3n) is 4.63. The van der Waals surface area contributed by atoms with E-state index in [1.807, 2.05) is 32.0 Å². The van der Waals surface area contributed by atoms with Crippen molar-refractivity contribution in [2.45, 2.75) is 26.7 Å². The van der Waals surface area contributed by atoms with Crippen molar-refractivity contribution in [3.8, 4) is 16.9 Å². The monoisotopic (exact) mass is 519 g/mol. The lowest BCUT2D eigenvalue weighted by Crippen LogP contribution is -2.21. The van der Waals surface area contributed by atoms with Gasteiger partial charge < -0.3 is 14.8 Å². The molecule has 0 spiro atoms. The van der Waals surface area contributed by atoms with Gasteiger partial charge in [-0.1, -0.05) is 41.9 Å². The predicted molar refractivity (Wildman–Crippen MR) is 128 cm³/mol. The summed E-state index contributed by atoms with van der Waals surface area (Å²) in [5, 5.41) is 4.85. The van der Waals surface area contributed by atoms with E-state index in [0.29, 0.717) is 21.9 Å². The number of carbonyl (C=O) groups excluding carboxylic acids is 2. The second-order valence-electron chi connectivity index (χ2n) is 7.25. The summed E-state index contributed by atoms with van der Waals surface area (Å²) in [5.41, 5.74) is 2.44.